The minimum atomic E-state index is -0.749. The number of Topliss-reactive ketones (excluding diaryl/α,β-unsaturated/α-hetero) is 1. The van der Waals surface area contributed by atoms with Gasteiger partial charge in [-0.25, -0.2) is 0 Å². The number of benzene rings is 1. The standard InChI is InChI=1S/C17H17N3O3S/c1-3-18-17(24)15(19-10-4-5-12(2)11-19)16(21)13-6-8-14(9-7-13)20(22)23/h4-11,15H,3H2,1-2H3. The second kappa shape index (κ2) is 7.74. The van der Waals surface area contributed by atoms with Gasteiger partial charge in [-0.2, -0.15) is 4.57 Å². The topological polar surface area (TPSA) is 76.4 Å². The number of non-ortho nitro benzene ring substituents is 1. The van der Waals surface area contributed by atoms with Crippen LogP contribution in [0.25, 0.3) is 0 Å². The SMILES string of the molecule is CCN=C([S-])C(C(=O)c1ccc([N+](=O)[O-])cc1)[n+]1cccc(C)c1. The Labute approximate surface area is 145 Å². The molecule has 0 radical (unpaired) electrons. The highest BCUT2D eigenvalue weighted by atomic mass is 32.1. The van der Waals surface area contributed by atoms with Crippen LogP contribution in [0.4, 0.5) is 5.69 Å². The van der Waals surface area contributed by atoms with Crippen LogP contribution >= 0.6 is 0 Å². The molecule has 24 heavy (non-hydrogen) atoms. The summed E-state index contributed by atoms with van der Waals surface area (Å²) in [5.74, 6) is -0.248. The summed E-state index contributed by atoms with van der Waals surface area (Å²) >= 11 is 5.33. The molecule has 1 heterocycles. The first-order chi connectivity index (χ1) is 11.4. The third kappa shape index (κ3) is 3.99. The largest absolute Gasteiger partial charge is 0.758 e. The maximum absolute atomic E-state index is 12.9. The normalized spacial score (nSPS) is 12.7. The lowest BCUT2D eigenvalue weighted by Crippen LogP contribution is -2.47. The molecule has 0 N–H and O–H groups in total. The van der Waals surface area contributed by atoms with E-state index in [0.717, 1.165) is 5.56 Å². The molecule has 0 amide bonds. The smallest absolute Gasteiger partial charge is 0.269 e. The summed E-state index contributed by atoms with van der Waals surface area (Å²) in [6.07, 6.45) is 3.59. The molecular formula is C17H17N3O3S. The van der Waals surface area contributed by atoms with Crippen molar-refractivity contribution in [3.8, 4) is 0 Å². The number of aryl methyl sites for hydroxylation is 1. The third-order valence-corrected chi connectivity index (χ3v) is 3.78. The molecule has 0 aliphatic carbocycles. The maximum Gasteiger partial charge on any atom is 0.269 e. The fourth-order valence-electron chi connectivity index (χ4n) is 2.30. The number of hydrogen-bond acceptors (Lipinski definition) is 5. The van der Waals surface area contributed by atoms with Crippen molar-refractivity contribution in [1.82, 2.24) is 0 Å². The van der Waals surface area contributed by atoms with Crippen LogP contribution in [0.15, 0.2) is 53.8 Å². The molecule has 6 nitrogen and oxygen atoms in total. The lowest BCUT2D eigenvalue weighted by atomic mass is 10.0. The van der Waals surface area contributed by atoms with Gasteiger partial charge in [0.05, 0.1) is 4.92 Å². The van der Waals surface area contributed by atoms with Gasteiger partial charge in [-0.15, -0.1) is 0 Å². The number of carbonyl (C=O) groups excluding carboxylic acids is 1. The molecular weight excluding hydrogens is 326 g/mol. The summed E-state index contributed by atoms with van der Waals surface area (Å²) in [5.41, 5.74) is 1.28. The van der Waals surface area contributed by atoms with E-state index in [1.807, 2.05) is 32.2 Å². The predicted octanol–water partition coefficient (Wildman–Crippen LogP) is 2.58. The van der Waals surface area contributed by atoms with Crippen LogP contribution < -0.4 is 4.57 Å². The second-order valence-corrected chi connectivity index (χ2v) is 5.63. The zero-order chi connectivity index (χ0) is 17.7. The Kier molecular flexibility index (Phi) is 5.70. The monoisotopic (exact) mass is 343 g/mol. The lowest BCUT2D eigenvalue weighted by molar-refractivity contribution is -0.692. The van der Waals surface area contributed by atoms with Crippen molar-refractivity contribution in [2.75, 3.05) is 6.54 Å². The molecule has 1 aromatic heterocycles. The summed E-state index contributed by atoms with van der Waals surface area (Å²) in [5, 5.41) is 11.0. The quantitative estimate of drug-likeness (QED) is 0.154. The van der Waals surface area contributed by atoms with Gasteiger partial charge in [-0.3, -0.25) is 14.9 Å². The summed E-state index contributed by atoms with van der Waals surface area (Å²) in [4.78, 5) is 27.4. The predicted molar refractivity (Wildman–Crippen MR) is 93.2 cm³/mol. The molecule has 1 unspecified atom stereocenters. The summed E-state index contributed by atoms with van der Waals surface area (Å²) in [6.45, 7) is 4.25. The van der Waals surface area contributed by atoms with Crippen LogP contribution in [-0.2, 0) is 12.6 Å². The van der Waals surface area contributed by atoms with E-state index in [1.165, 1.54) is 24.3 Å². The van der Waals surface area contributed by atoms with Gasteiger partial charge in [-0.05, 0) is 37.1 Å². The average molecular weight is 343 g/mol. The van der Waals surface area contributed by atoms with Gasteiger partial charge in [0.25, 0.3) is 5.69 Å². The van der Waals surface area contributed by atoms with Crippen molar-refractivity contribution < 1.29 is 14.3 Å². The number of aliphatic imine (C=N–C) groups is 1. The van der Waals surface area contributed by atoms with Gasteiger partial charge < -0.3 is 17.6 Å². The Balaban J connectivity index is 2.44. The highest BCUT2D eigenvalue weighted by Crippen LogP contribution is 2.16. The number of carbonyl (C=O) groups is 1. The van der Waals surface area contributed by atoms with Crippen LogP contribution in [0.2, 0.25) is 0 Å². The number of nitro groups is 1. The van der Waals surface area contributed by atoms with Crippen molar-refractivity contribution in [2.24, 2.45) is 4.99 Å². The van der Waals surface area contributed by atoms with E-state index >= 15 is 0 Å². The van der Waals surface area contributed by atoms with E-state index in [4.69, 9.17) is 12.6 Å². The van der Waals surface area contributed by atoms with Gasteiger partial charge in [-0.1, -0.05) is 0 Å². The lowest BCUT2D eigenvalue weighted by Gasteiger charge is -2.18. The van der Waals surface area contributed by atoms with Gasteiger partial charge in [0.2, 0.25) is 11.8 Å². The van der Waals surface area contributed by atoms with Crippen molar-refractivity contribution in [2.45, 2.75) is 19.9 Å². The molecule has 0 saturated carbocycles. The fourth-order valence-corrected chi connectivity index (χ4v) is 2.66. The number of ketones is 1. The zero-order valence-corrected chi connectivity index (χ0v) is 14.2. The van der Waals surface area contributed by atoms with E-state index in [-0.39, 0.29) is 16.5 Å². The minimum Gasteiger partial charge on any atom is -0.758 e. The molecule has 2 rings (SSSR count). The average Bonchev–Trinajstić information content (AvgIpc) is 2.55. The minimum absolute atomic E-state index is 0.0628. The van der Waals surface area contributed by atoms with Gasteiger partial charge >= 0.3 is 0 Å². The zero-order valence-electron chi connectivity index (χ0n) is 13.4. The molecule has 0 saturated heterocycles. The van der Waals surface area contributed by atoms with E-state index in [9.17, 15) is 14.9 Å². The molecule has 0 aliphatic rings. The van der Waals surface area contributed by atoms with Crippen molar-refractivity contribution in [3.05, 3.63) is 70.0 Å². The van der Waals surface area contributed by atoms with Gasteiger partial charge in [0.15, 0.2) is 12.4 Å². The Morgan fingerprint density at radius 1 is 1.33 bits per heavy atom. The highest BCUT2D eigenvalue weighted by Gasteiger charge is 2.28. The number of aromatic nitrogens is 1. The summed E-state index contributed by atoms with van der Waals surface area (Å²) in [7, 11) is 0. The molecule has 0 aliphatic heterocycles. The Morgan fingerprint density at radius 3 is 2.54 bits per heavy atom. The second-order valence-electron chi connectivity index (χ2n) is 5.21. The molecule has 1 aromatic carbocycles. The molecule has 0 fully saturated rings. The number of nitro benzene ring substituents is 1. The Hall–Kier alpha value is -2.67. The molecule has 124 valence electrons. The van der Waals surface area contributed by atoms with Crippen molar-refractivity contribution >= 4 is 29.1 Å². The van der Waals surface area contributed by atoms with Crippen LogP contribution in [0.1, 0.15) is 28.9 Å². The van der Waals surface area contributed by atoms with Gasteiger partial charge in [0, 0.05) is 35.9 Å². The van der Waals surface area contributed by atoms with Crippen molar-refractivity contribution in [3.63, 3.8) is 0 Å². The first-order valence-corrected chi connectivity index (χ1v) is 7.82. The van der Waals surface area contributed by atoms with Crippen LogP contribution in [0.5, 0.6) is 0 Å². The molecule has 2 aromatic rings. The van der Waals surface area contributed by atoms with Crippen LogP contribution in [0, 0.1) is 17.0 Å². The van der Waals surface area contributed by atoms with Crippen molar-refractivity contribution in [1.29, 1.82) is 0 Å². The fraction of sp³-hybridized carbons (Fsp3) is 0.235. The van der Waals surface area contributed by atoms with E-state index in [0.29, 0.717) is 12.1 Å². The third-order valence-electron chi connectivity index (χ3n) is 3.43. The number of rotatable bonds is 6. The van der Waals surface area contributed by atoms with E-state index in [2.05, 4.69) is 4.99 Å². The molecule has 0 spiro atoms. The van der Waals surface area contributed by atoms with Crippen LogP contribution in [-0.4, -0.2) is 22.3 Å². The summed E-state index contributed by atoms with van der Waals surface area (Å²) < 4.78 is 1.72. The van der Waals surface area contributed by atoms with Crippen LogP contribution in [0.3, 0.4) is 0 Å². The first-order valence-electron chi connectivity index (χ1n) is 7.41. The molecule has 7 heteroatoms. The highest BCUT2D eigenvalue weighted by molar-refractivity contribution is 7.77. The Morgan fingerprint density at radius 2 is 2.00 bits per heavy atom. The molecule has 1 atom stereocenters. The van der Waals surface area contributed by atoms with E-state index in [1.54, 1.807) is 10.8 Å². The van der Waals surface area contributed by atoms with E-state index < -0.39 is 11.0 Å². The number of pyridine rings is 1. The molecule has 0 bridgehead atoms. The summed E-state index contributed by atoms with van der Waals surface area (Å²) in [6, 6.07) is 8.51. The number of nitrogens with zero attached hydrogens (tertiary/aromatic N) is 3. The van der Waals surface area contributed by atoms with Gasteiger partial charge in [0.1, 0.15) is 0 Å². The maximum atomic E-state index is 12.9. The first kappa shape index (κ1) is 17.7. The Bertz CT molecular complexity index is 788. The number of hydrogen-bond donors (Lipinski definition) is 0.